The molecule has 0 aromatic heterocycles. The Bertz CT molecular complexity index is 1130. The lowest BCUT2D eigenvalue weighted by molar-refractivity contribution is -0.112. The second-order valence-corrected chi connectivity index (χ2v) is 7.99. The summed E-state index contributed by atoms with van der Waals surface area (Å²) in [7, 11) is 0. The Kier molecular flexibility index (Phi) is 7.64. The van der Waals surface area contributed by atoms with Gasteiger partial charge in [0.1, 0.15) is 24.0 Å². The summed E-state index contributed by atoms with van der Waals surface area (Å²) in [6, 6.07) is 23.2. The summed E-state index contributed by atoms with van der Waals surface area (Å²) in [5.41, 5.74) is 4.88. The van der Waals surface area contributed by atoms with E-state index < -0.39 is 5.91 Å². The van der Waals surface area contributed by atoms with Crippen molar-refractivity contribution in [1.29, 1.82) is 5.26 Å². The zero-order chi connectivity index (χ0) is 22.2. The fourth-order valence-electron chi connectivity index (χ4n) is 2.91. The number of ether oxygens (including phenoxy) is 1. The number of hydrogen-bond acceptors (Lipinski definition) is 3. The van der Waals surface area contributed by atoms with E-state index in [0.717, 1.165) is 22.0 Å². The van der Waals surface area contributed by atoms with E-state index in [1.807, 2.05) is 79.7 Å². The number of nitrogens with zero attached hydrogens (tertiary/aromatic N) is 1. The zero-order valence-electron chi connectivity index (χ0n) is 17.5. The topological polar surface area (TPSA) is 62.1 Å². The SMILES string of the molecule is CCc1ccc(NC(=O)/C(C#N)=C/c2ccc(OCc3ccc(C)cc3)c(Br)c2)cc1. The Morgan fingerprint density at radius 3 is 2.35 bits per heavy atom. The quantitative estimate of drug-likeness (QED) is 0.316. The minimum atomic E-state index is -0.442. The van der Waals surface area contributed by atoms with Gasteiger partial charge in [-0.1, -0.05) is 55.0 Å². The first kappa shape index (κ1) is 22.3. The summed E-state index contributed by atoms with van der Waals surface area (Å²) >= 11 is 3.51. The van der Waals surface area contributed by atoms with Crippen LogP contribution in [0.15, 0.2) is 76.8 Å². The van der Waals surface area contributed by atoms with Crippen molar-refractivity contribution in [3.63, 3.8) is 0 Å². The molecule has 0 saturated carbocycles. The van der Waals surface area contributed by atoms with Crippen molar-refractivity contribution in [2.75, 3.05) is 5.32 Å². The molecule has 3 aromatic rings. The van der Waals surface area contributed by atoms with E-state index in [1.165, 1.54) is 11.1 Å². The second kappa shape index (κ2) is 10.6. The minimum Gasteiger partial charge on any atom is -0.488 e. The lowest BCUT2D eigenvalue weighted by Gasteiger charge is -2.10. The number of nitriles is 1. The number of carbonyl (C=O) groups excluding carboxylic acids is 1. The number of rotatable bonds is 7. The van der Waals surface area contributed by atoms with Gasteiger partial charge in [-0.25, -0.2) is 0 Å². The highest BCUT2D eigenvalue weighted by atomic mass is 79.9. The van der Waals surface area contributed by atoms with Crippen LogP contribution >= 0.6 is 15.9 Å². The fraction of sp³-hybridized carbons (Fsp3) is 0.154. The lowest BCUT2D eigenvalue weighted by Crippen LogP contribution is -2.13. The maximum atomic E-state index is 12.5. The number of anilines is 1. The van der Waals surface area contributed by atoms with Crippen LogP contribution in [0.5, 0.6) is 5.75 Å². The molecule has 3 rings (SSSR count). The van der Waals surface area contributed by atoms with Crippen molar-refractivity contribution >= 4 is 33.6 Å². The zero-order valence-corrected chi connectivity index (χ0v) is 19.1. The summed E-state index contributed by atoms with van der Waals surface area (Å²) in [5.74, 6) is 0.249. The van der Waals surface area contributed by atoms with Gasteiger partial charge in [0.2, 0.25) is 0 Å². The molecule has 4 nitrogen and oxygen atoms in total. The summed E-state index contributed by atoms with van der Waals surface area (Å²) in [4.78, 5) is 12.5. The van der Waals surface area contributed by atoms with Gasteiger partial charge in [-0.3, -0.25) is 4.79 Å². The maximum absolute atomic E-state index is 12.5. The Labute approximate surface area is 191 Å². The summed E-state index contributed by atoms with van der Waals surface area (Å²) < 4.78 is 6.63. The van der Waals surface area contributed by atoms with Crippen LogP contribution in [0, 0.1) is 18.3 Å². The van der Waals surface area contributed by atoms with Crippen LogP contribution in [-0.2, 0) is 17.8 Å². The van der Waals surface area contributed by atoms with Gasteiger partial charge in [0, 0.05) is 5.69 Å². The molecular weight excluding hydrogens is 452 g/mol. The van der Waals surface area contributed by atoms with E-state index >= 15 is 0 Å². The van der Waals surface area contributed by atoms with Gasteiger partial charge < -0.3 is 10.1 Å². The van der Waals surface area contributed by atoms with E-state index in [2.05, 4.69) is 28.2 Å². The molecule has 5 heteroatoms. The maximum Gasteiger partial charge on any atom is 0.266 e. The molecule has 0 atom stereocenters. The smallest absolute Gasteiger partial charge is 0.266 e. The average molecular weight is 475 g/mol. The third kappa shape index (κ3) is 6.31. The number of carbonyl (C=O) groups is 1. The van der Waals surface area contributed by atoms with E-state index in [4.69, 9.17) is 4.74 Å². The molecule has 1 amide bonds. The number of aryl methyl sites for hydroxylation is 2. The lowest BCUT2D eigenvalue weighted by atomic mass is 10.1. The van der Waals surface area contributed by atoms with E-state index in [1.54, 1.807) is 6.08 Å². The Balaban J connectivity index is 1.68. The highest BCUT2D eigenvalue weighted by molar-refractivity contribution is 9.10. The minimum absolute atomic E-state index is 0.0276. The summed E-state index contributed by atoms with van der Waals surface area (Å²) in [6.45, 7) is 4.57. The molecule has 0 spiro atoms. The first-order chi connectivity index (χ1) is 15.0. The van der Waals surface area contributed by atoms with Gasteiger partial charge in [0.05, 0.1) is 4.47 Å². The average Bonchev–Trinajstić information content (AvgIpc) is 2.78. The monoisotopic (exact) mass is 474 g/mol. The van der Waals surface area contributed by atoms with Crippen molar-refractivity contribution in [2.24, 2.45) is 0 Å². The molecule has 0 heterocycles. The van der Waals surface area contributed by atoms with Crippen molar-refractivity contribution in [3.05, 3.63) is 99.0 Å². The molecule has 0 fully saturated rings. The van der Waals surface area contributed by atoms with E-state index in [9.17, 15) is 10.1 Å². The molecule has 0 radical (unpaired) electrons. The van der Waals surface area contributed by atoms with Crippen LogP contribution in [0.2, 0.25) is 0 Å². The summed E-state index contributed by atoms with van der Waals surface area (Å²) in [6.07, 6.45) is 2.49. The van der Waals surface area contributed by atoms with Crippen molar-refractivity contribution < 1.29 is 9.53 Å². The first-order valence-corrected chi connectivity index (χ1v) is 10.8. The fourth-order valence-corrected chi connectivity index (χ4v) is 3.42. The van der Waals surface area contributed by atoms with Crippen LogP contribution in [0.3, 0.4) is 0 Å². The highest BCUT2D eigenvalue weighted by Crippen LogP contribution is 2.28. The third-order valence-electron chi connectivity index (χ3n) is 4.77. The Morgan fingerprint density at radius 2 is 1.74 bits per heavy atom. The first-order valence-electron chi connectivity index (χ1n) is 9.98. The van der Waals surface area contributed by atoms with Gasteiger partial charge in [0.15, 0.2) is 0 Å². The van der Waals surface area contributed by atoms with E-state index in [0.29, 0.717) is 18.0 Å². The van der Waals surface area contributed by atoms with Gasteiger partial charge >= 0.3 is 0 Å². The second-order valence-electron chi connectivity index (χ2n) is 7.14. The largest absolute Gasteiger partial charge is 0.488 e. The predicted octanol–water partition coefficient (Wildman–Crippen LogP) is 6.44. The molecule has 0 unspecified atom stereocenters. The van der Waals surface area contributed by atoms with Gasteiger partial charge in [0.25, 0.3) is 5.91 Å². The number of hydrogen-bond donors (Lipinski definition) is 1. The molecule has 0 aliphatic rings. The third-order valence-corrected chi connectivity index (χ3v) is 5.39. The Morgan fingerprint density at radius 1 is 1.06 bits per heavy atom. The molecule has 31 heavy (non-hydrogen) atoms. The molecule has 0 bridgehead atoms. The van der Waals surface area contributed by atoms with Crippen LogP contribution in [0.25, 0.3) is 6.08 Å². The van der Waals surface area contributed by atoms with Crippen LogP contribution in [0.4, 0.5) is 5.69 Å². The number of benzene rings is 3. The van der Waals surface area contributed by atoms with Crippen LogP contribution < -0.4 is 10.1 Å². The predicted molar refractivity (Wildman–Crippen MR) is 128 cm³/mol. The molecule has 156 valence electrons. The molecule has 0 aliphatic carbocycles. The normalized spacial score (nSPS) is 11.0. The molecule has 0 aliphatic heterocycles. The number of nitrogens with one attached hydrogen (secondary N) is 1. The van der Waals surface area contributed by atoms with Gasteiger partial charge in [-0.15, -0.1) is 0 Å². The van der Waals surface area contributed by atoms with Crippen molar-refractivity contribution in [2.45, 2.75) is 26.9 Å². The highest BCUT2D eigenvalue weighted by Gasteiger charge is 2.11. The standard InChI is InChI=1S/C26H23BrN2O2/c1-3-19-8-11-23(12-9-19)29-26(30)22(16-28)14-21-10-13-25(24(27)15-21)31-17-20-6-4-18(2)5-7-20/h4-15H,3,17H2,1-2H3,(H,29,30)/b22-14+. The number of halogens is 1. The van der Waals surface area contributed by atoms with Crippen LogP contribution in [-0.4, -0.2) is 5.91 Å². The van der Waals surface area contributed by atoms with Gasteiger partial charge in [-0.05, 0) is 76.3 Å². The molecule has 3 aromatic carbocycles. The summed E-state index contributed by atoms with van der Waals surface area (Å²) in [5, 5.41) is 12.2. The molecule has 1 N–H and O–H groups in total. The Hall–Kier alpha value is -3.36. The number of amides is 1. The van der Waals surface area contributed by atoms with Gasteiger partial charge in [-0.2, -0.15) is 5.26 Å². The van der Waals surface area contributed by atoms with Crippen molar-refractivity contribution in [1.82, 2.24) is 0 Å². The molecular formula is C26H23BrN2O2. The van der Waals surface area contributed by atoms with E-state index in [-0.39, 0.29) is 5.57 Å². The van der Waals surface area contributed by atoms with Crippen molar-refractivity contribution in [3.8, 4) is 11.8 Å². The molecule has 0 saturated heterocycles. The van der Waals surface area contributed by atoms with Crippen LogP contribution in [0.1, 0.15) is 29.2 Å².